The van der Waals surface area contributed by atoms with Crippen LogP contribution >= 0.6 is 0 Å². The number of nitrogens with zero attached hydrogens (tertiary/aromatic N) is 2. The van der Waals surface area contributed by atoms with E-state index in [1.54, 1.807) is 29.2 Å². The second-order valence-corrected chi connectivity index (χ2v) is 8.06. The molecular weight excluding hydrogens is 457 g/mol. The van der Waals surface area contributed by atoms with Crippen molar-refractivity contribution >= 4 is 23.3 Å². The Hall–Kier alpha value is -4.32. The number of nitrogens with one attached hydrogen (secondary N) is 2. The molecule has 1 unspecified atom stereocenters. The molecule has 6 nitrogen and oxygen atoms in total. The Labute approximate surface area is 200 Å². The van der Waals surface area contributed by atoms with E-state index in [9.17, 15) is 28.0 Å². The van der Waals surface area contributed by atoms with Crippen LogP contribution in [0.3, 0.4) is 0 Å². The average Bonchev–Trinajstić information content (AvgIpc) is 2.85. The minimum absolute atomic E-state index is 0.184. The zero-order chi connectivity index (χ0) is 25.0. The maximum atomic E-state index is 13.0. The number of hydrogen-bond acceptors (Lipinski definition) is 3. The van der Waals surface area contributed by atoms with Gasteiger partial charge in [0.15, 0.2) is 0 Å². The third-order valence-electron chi connectivity index (χ3n) is 5.75. The summed E-state index contributed by atoms with van der Waals surface area (Å²) in [5.74, 6) is -0.274. The van der Waals surface area contributed by atoms with Crippen molar-refractivity contribution in [3.05, 3.63) is 83.9 Å². The highest BCUT2D eigenvalue weighted by Crippen LogP contribution is 2.30. The van der Waals surface area contributed by atoms with Crippen LogP contribution < -0.4 is 15.5 Å². The highest BCUT2D eigenvalue weighted by molar-refractivity contribution is 6.01. The molecule has 1 aliphatic heterocycles. The third-order valence-corrected chi connectivity index (χ3v) is 5.75. The number of carbonyl (C=O) groups excluding carboxylic acids is 2. The van der Waals surface area contributed by atoms with Crippen LogP contribution in [0.2, 0.25) is 0 Å². The molecule has 1 aliphatic rings. The molecule has 0 aromatic heterocycles. The fourth-order valence-electron chi connectivity index (χ4n) is 3.99. The molecule has 4 rings (SSSR count). The zero-order valence-electron chi connectivity index (χ0n) is 18.5. The number of halogens is 3. The topological polar surface area (TPSA) is 85.2 Å². The third kappa shape index (κ3) is 5.44. The molecule has 1 heterocycles. The van der Waals surface area contributed by atoms with Crippen LogP contribution in [0.25, 0.3) is 11.1 Å². The molecule has 0 bridgehead atoms. The van der Waals surface area contributed by atoms with E-state index in [1.165, 1.54) is 0 Å². The molecule has 0 radical (unpaired) electrons. The second-order valence-electron chi connectivity index (χ2n) is 8.06. The van der Waals surface area contributed by atoms with Crippen molar-refractivity contribution in [1.82, 2.24) is 5.32 Å². The van der Waals surface area contributed by atoms with Crippen LogP contribution in [-0.4, -0.2) is 24.5 Å². The first kappa shape index (κ1) is 23.8. The van der Waals surface area contributed by atoms with Crippen LogP contribution in [0.4, 0.5) is 29.3 Å². The molecule has 1 fully saturated rings. The van der Waals surface area contributed by atoms with E-state index in [4.69, 9.17) is 0 Å². The van der Waals surface area contributed by atoms with E-state index in [-0.39, 0.29) is 11.6 Å². The Kier molecular flexibility index (Phi) is 6.73. The number of nitriles is 1. The molecule has 2 N–H and O–H groups in total. The number of hydrogen-bond donors (Lipinski definition) is 2. The molecule has 3 aromatic carbocycles. The number of amides is 3. The second kappa shape index (κ2) is 9.89. The Bertz CT molecular complexity index is 1270. The molecule has 3 aromatic rings. The maximum Gasteiger partial charge on any atom is 0.416 e. The van der Waals surface area contributed by atoms with Crippen molar-refractivity contribution in [1.29, 1.82) is 5.26 Å². The fourth-order valence-corrected chi connectivity index (χ4v) is 3.99. The van der Waals surface area contributed by atoms with Crippen molar-refractivity contribution in [3.63, 3.8) is 0 Å². The van der Waals surface area contributed by atoms with Crippen molar-refractivity contribution < 1.29 is 22.8 Å². The summed E-state index contributed by atoms with van der Waals surface area (Å²) >= 11 is 0. The summed E-state index contributed by atoms with van der Waals surface area (Å²) in [7, 11) is 0. The maximum absolute atomic E-state index is 13.0. The Morgan fingerprint density at radius 3 is 2.34 bits per heavy atom. The minimum atomic E-state index is -4.46. The summed E-state index contributed by atoms with van der Waals surface area (Å²) in [5.41, 5.74) is 2.24. The molecule has 1 saturated heterocycles. The van der Waals surface area contributed by atoms with E-state index >= 15 is 0 Å². The summed E-state index contributed by atoms with van der Waals surface area (Å²) in [6, 6.07) is 19.3. The number of alkyl halides is 3. The highest BCUT2D eigenvalue weighted by atomic mass is 19.4. The van der Waals surface area contributed by atoms with Gasteiger partial charge in [0, 0.05) is 17.9 Å². The molecule has 9 heteroatoms. The minimum Gasteiger partial charge on any atom is -0.326 e. The van der Waals surface area contributed by atoms with E-state index in [0.717, 1.165) is 35.4 Å². The molecular formula is C26H21F3N4O2. The number of piperidine rings is 1. The van der Waals surface area contributed by atoms with Gasteiger partial charge in [-0.3, -0.25) is 4.79 Å². The van der Waals surface area contributed by atoms with Gasteiger partial charge in [0.1, 0.15) is 6.04 Å². The van der Waals surface area contributed by atoms with E-state index in [1.807, 2.05) is 24.3 Å². The lowest BCUT2D eigenvalue weighted by Gasteiger charge is -2.32. The van der Waals surface area contributed by atoms with Gasteiger partial charge in [-0.15, -0.1) is 0 Å². The number of benzene rings is 3. The fraction of sp³-hybridized carbons (Fsp3) is 0.192. The standard InChI is InChI=1S/C26H21F3N4O2/c27-26(28,29)19-9-11-20(12-10-19)31-25(35)32-23-6-3-15-33(24(23)34)21-13-7-17(8-14-21)22-5-2-1-4-18(22)16-30/h1-2,4-5,7-14,23H,3,6,15H2,(H2,31,32,35). The summed E-state index contributed by atoms with van der Waals surface area (Å²) in [5, 5.41) is 14.4. The van der Waals surface area contributed by atoms with Crippen LogP contribution in [0, 0.1) is 11.3 Å². The summed E-state index contributed by atoms with van der Waals surface area (Å²) in [4.78, 5) is 27.0. The highest BCUT2D eigenvalue weighted by Gasteiger charge is 2.32. The predicted octanol–water partition coefficient (Wildman–Crippen LogP) is 5.56. The lowest BCUT2D eigenvalue weighted by Crippen LogP contribution is -2.53. The molecule has 178 valence electrons. The van der Waals surface area contributed by atoms with Crippen LogP contribution in [0.1, 0.15) is 24.0 Å². The van der Waals surface area contributed by atoms with Crippen LogP contribution in [0.15, 0.2) is 72.8 Å². The van der Waals surface area contributed by atoms with Crippen molar-refractivity contribution in [2.45, 2.75) is 25.1 Å². The van der Waals surface area contributed by atoms with Gasteiger partial charge in [0.25, 0.3) is 0 Å². The van der Waals surface area contributed by atoms with Gasteiger partial charge < -0.3 is 15.5 Å². The van der Waals surface area contributed by atoms with Crippen molar-refractivity contribution in [2.24, 2.45) is 0 Å². The number of urea groups is 1. The van der Waals surface area contributed by atoms with E-state index in [0.29, 0.717) is 30.6 Å². The monoisotopic (exact) mass is 478 g/mol. The zero-order valence-corrected chi connectivity index (χ0v) is 18.5. The first-order valence-corrected chi connectivity index (χ1v) is 10.9. The van der Waals surface area contributed by atoms with Gasteiger partial charge in [-0.05, 0) is 66.4 Å². The number of rotatable bonds is 4. The average molecular weight is 478 g/mol. The SMILES string of the molecule is N#Cc1ccccc1-c1ccc(N2CCCC(NC(=O)Nc3ccc(C(F)(F)F)cc3)C2=O)cc1. The van der Waals surface area contributed by atoms with Gasteiger partial charge in [-0.1, -0.05) is 30.3 Å². The van der Waals surface area contributed by atoms with Gasteiger partial charge in [-0.2, -0.15) is 18.4 Å². The first-order valence-electron chi connectivity index (χ1n) is 10.9. The van der Waals surface area contributed by atoms with E-state index < -0.39 is 23.8 Å². The van der Waals surface area contributed by atoms with Gasteiger partial charge in [0.05, 0.1) is 17.2 Å². The normalized spacial score (nSPS) is 15.9. The lowest BCUT2D eigenvalue weighted by atomic mass is 9.99. The summed E-state index contributed by atoms with van der Waals surface area (Å²) < 4.78 is 38.1. The number of carbonyl (C=O) groups is 2. The van der Waals surface area contributed by atoms with Gasteiger partial charge >= 0.3 is 12.2 Å². The smallest absolute Gasteiger partial charge is 0.326 e. The Morgan fingerprint density at radius 2 is 1.69 bits per heavy atom. The van der Waals surface area contributed by atoms with E-state index in [2.05, 4.69) is 16.7 Å². The van der Waals surface area contributed by atoms with Crippen molar-refractivity contribution in [3.8, 4) is 17.2 Å². The molecule has 0 aliphatic carbocycles. The summed E-state index contributed by atoms with van der Waals surface area (Å²) in [6.07, 6.45) is -3.35. The molecule has 3 amide bonds. The molecule has 1 atom stereocenters. The van der Waals surface area contributed by atoms with Gasteiger partial charge in [0.2, 0.25) is 5.91 Å². The quantitative estimate of drug-likeness (QED) is 0.515. The van der Waals surface area contributed by atoms with Crippen molar-refractivity contribution in [2.75, 3.05) is 16.8 Å². The van der Waals surface area contributed by atoms with Crippen LogP contribution in [0.5, 0.6) is 0 Å². The number of anilines is 2. The van der Waals surface area contributed by atoms with Gasteiger partial charge in [-0.25, -0.2) is 4.79 Å². The molecule has 35 heavy (non-hydrogen) atoms. The first-order chi connectivity index (χ1) is 16.8. The largest absolute Gasteiger partial charge is 0.416 e. The predicted molar refractivity (Wildman–Crippen MR) is 126 cm³/mol. The molecule has 0 saturated carbocycles. The van der Waals surface area contributed by atoms with Crippen LogP contribution in [-0.2, 0) is 11.0 Å². The molecule has 0 spiro atoms. The summed E-state index contributed by atoms with van der Waals surface area (Å²) in [6.45, 7) is 0.492. The Balaban J connectivity index is 1.41. The Morgan fingerprint density at radius 1 is 1.00 bits per heavy atom. The lowest BCUT2D eigenvalue weighted by molar-refractivity contribution is -0.137.